The minimum absolute atomic E-state index is 0.384. The lowest BCUT2D eigenvalue weighted by atomic mass is 10.1. The molecule has 1 saturated heterocycles. The normalized spacial score (nSPS) is 23.1. The number of nitrogens with one attached hydrogen (secondary N) is 1. The van der Waals surface area contributed by atoms with Crippen LogP contribution in [0.3, 0.4) is 0 Å². The Balaban J connectivity index is 1.89. The van der Waals surface area contributed by atoms with E-state index in [9.17, 15) is 0 Å². The van der Waals surface area contributed by atoms with Gasteiger partial charge in [-0.2, -0.15) is 4.98 Å². The molecular weight excluding hydrogens is 216 g/mol. The fraction of sp³-hybridized carbons (Fsp3) is 0.833. The van der Waals surface area contributed by atoms with E-state index in [4.69, 9.17) is 4.52 Å². The number of nitrogens with zero attached hydrogens (tertiary/aromatic N) is 3. The maximum atomic E-state index is 5.30. The first kappa shape index (κ1) is 12.5. The molecule has 17 heavy (non-hydrogen) atoms. The zero-order chi connectivity index (χ0) is 12.3. The number of aromatic nitrogens is 2. The van der Waals surface area contributed by atoms with Crippen LogP contribution in [-0.2, 0) is 12.8 Å². The van der Waals surface area contributed by atoms with E-state index in [0.29, 0.717) is 12.1 Å². The van der Waals surface area contributed by atoms with Crippen LogP contribution >= 0.6 is 0 Å². The molecule has 1 aromatic heterocycles. The van der Waals surface area contributed by atoms with E-state index < -0.39 is 0 Å². The van der Waals surface area contributed by atoms with Crippen molar-refractivity contribution in [3.05, 3.63) is 11.7 Å². The third-order valence-corrected chi connectivity index (χ3v) is 3.57. The van der Waals surface area contributed by atoms with E-state index in [-0.39, 0.29) is 0 Å². The summed E-state index contributed by atoms with van der Waals surface area (Å²) in [6.45, 7) is 3.29. The molecule has 0 spiro atoms. The maximum Gasteiger partial charge on any atom is 0.228 e. The lowest BCUT2D eigenvalue weighted by molar-refractivity contribution is 0.278. The van der Waals surface area contributed by atoms with Crippen molar-refractivity contribution >= 4 is 0 Å². The lowest BCUT2D eigenvalue weighted by Gasteiger charge is -2.16. The van der Waals surface area contributed by atoms with Crippen LogP contribution < -0.4 is 5.32 Å². The molecule has 2 atom stereocenters. The van der Waals surface area contributed by atoms with Crippen molar-refractivity contribution < 1.29 is 4.52 Å². The summed E-state index contributed by atoms with van der Waals surface area (Å²) in [6.07, 6.45) is 4.22. The van der Waals surface area contributed by atoms with Crippen molar-refractivity contribution in [1.29, 1.82) is 0 Å². The molecule has 5 heteroatoms. The highest BCUT2D eigenvalue weighted by molar-refractivity contribution is 4.93. The van der Waals surface area contributed by atoms with Crippen LogP contribution in [0.2, 0.25) is 0 Å². The number of likely N-dealkylation sites (tertiary alicyclic amines) is 1. The van der Waals surface area contributed by atoms with Crippen LogP contribution in [0.25, 0.3) is 0 Å². The highest BCUT2D eigenvalue weighted by Crippen LogP contribution is 2.18. The highest BCUT2D eigenvalue weighted by Gasteiger charge is 2.23. The van der Waals surface area contributed by atoms with Gasteiger partial charge in [-0.05, 0) is 40.4 Å². The summed E-state index contributed by atoms with van der Waals surface area (Å²) in [5, 5.41) is 7.20. The zero-order valence-electron chi connectivity index (χ0n) is 10.9. The summed E-state index contributed by atoms with van der Waals surface area (Å²) in [5.41, 5.74) is 0. The second-order valence-corrected chi connectivity index (χ2v) is 4.98. The Kier molecular flexibility index (Phi) is 4.12. The van der Waals surface area contributed by atoms with Crippen molar-refractivity contribution in [1.82, 2.24) is 20.4 Å². The summed E-state index contributed by atoms with van der Waals surface area (Å²) in [7, 11) is 4.11. The third kappa shape index (κ3) is 3.26. The molecule has 5 nitrogen and oxygen atoms in total. The fourth-order valence-electron chi connectivity index (χ4n) is 2.27. The van der Waals surface area contributed by atoms with Crippen molar-refractivity contribution in [3.8, 4) is 0 Å². The first-order valence-corrected chi connectivity index (χ1v) is 6.38. The van der Waals surface area contributed by atoms with Crippen LogP contribution in [0.4, 0.5) is 0 Å². The SMILES string of the molecule is CNC(C)Cc1noc(CC2CCCN2C)n1. The molecule has 1 fully saturated rings. The Morgan fingerprint density at radius 3 is 3.06 bits per heavy atom. The quantitative estimate of drug-likeness (QED) is 0.824. The molecule has 2 unspecified atom stereocenters. The second-order valence-electron chi connectivity index (χ2n) is 4.98. The van der Waals surface area contributed by atoms with Gasteiger partial charge < -0.3 is 14.7 Å². The Morgan fingerprint density at radius 1 is 1.59 bits per heavy atom. The minimum Gasteiger partial charge on any atom is -0.339 e. The molecule has 1 aliphatic rings. The predicted octanol–water partition coefficient (Wildman–Crippen LogP) is 0.857. The molecule has 1 aliphatic heterocycles. The topological polar surface area (TPSA) is 54.2 Å². The van der Waals surface area contributed by atoms with E-state index in [1.54, 1.807) is 0 Å². The predicted molar refractivity (Wildman–Crippen MR) is 65.9 cm³/mol. The van der Waals surface area contributed by atoms with Crippen LogP contribution in [0.5, 0.6) is 0 Å². The molecule has 0 radical (unpaired) electrons. The molecule has 0 aliphatic carbocycles. The fourth-order valence-corrected chi connectivity index (χ4v) is 2.27. The average Bonchev–Trinajstić information content (AvgIpc) is 2.90. The Labute approximate surface area is 103 Å². The van der Waals surface area contributed by atoms with Gasteiger partial charge in [-0.1, -0.05) is 5.16 Å². The lowest BCUT2D eigenvalue weighted by Crippen LogP contribution is -2.27. The van der Waals surface area contributed by atoms with Gasteiger partial charge in [-0.25, -0.2) is 0 Å². The Bertz CT molecular complexity index is 352. The molecule has 96 valence electrons. The molecule has 0 saturated carbocycles. The molecule has 0 amide bonds. The van der Waals surface area contributed by atoms with Crippen LogP contribution in [-0.4, -0.2) is 47.8 Å². The largest absolute Gasteiger partial charge is 0.339 e. The molecule has 2 rings (SSSR count). The number of rotatable bonds is 5. The van der Waals surface area contributed by atoms with E-state index in [2.05, 4.69) is 34.3 Å². The molecule has 0 bridgehead atoms. The molecule has 2 heterocycles. The van der Waals surface area contributed by atoms with Crippen molar-refractivity contribution in [2.24, 2.45) is 0 Å². The summed E-state index contributed by atoms with van der Waals surface area (Å²) in [5.74, 6) is 1.59. The molecule has 1 aromatic rings. The van der Waals surface area contributed by atoms with Crippen LogP contribution in [0.15, 0.2) is 4.52 Å². The van der Waals surface area contributed by atoms with Gasteiger partial charge in [-0.15, -0.1) is 0 Å². The monoisotopic (exact) mass is 238 g/mol. The first-order valence-electron chi connectivity index (χ1n) is 6.38. The van der Waals surface area contributed by atoms with Crippen molar-refractivity contribution in [3.63, 3.8) is 0 Å². The maximum absolute atomic E-state index is 5.30. The number of hydrogen-bond donors (Lipinski definition) is 1. The number of hydrogen-bond acceptors (Lipinski definition) is 5. The standard InChI is InChI=1S/C12H22N4O/c1-9(13-2)7-11-14-12(17-15-11)8-10-5-4-6-16(10)3/h9-10,13H,4-8H2,1-3H3. The molecular formula is C12H22N4O. The van der Waals surface area contributed by atoms with Gasteiger partial charge in [0.25, 0.3) is 0 Å². The third-order valence-electron chi connectivity index (χ3n) is 3.57. The van der Waals surface area contributed by atoms with Crippen molar-refractivity contribution in [2.45, 2.75) is 44.7 Å². The summed E-state index contributed by atoms with van der Waals surface area (Å²) in [4.78, 5) is 6.83. The van der Waals surface area contributed by atoms with E-state index in [1.165, 1.54) is 19.4 Å². The Hall–Kier alpha value is -0.940. The highest BCUT2D eigenvalue weighted by atomic mass is 16.5. The number of likely N-dealkylation sites (N-methyl/N-ethyl adjacent to an activating group) is 2. The van der Waals surface area contributed by atoms with E-state index in [0.717, 1.165) is 24.6 Å². The average molecular weight is 238 g/mol. The van der Waals surface area contributed by atoms with Gasteiger partial charge in [0, 0.05) is 24.9 Å². The van der Waals surface area contributed by atoms with Gasteiger partial charge in [-0.3, -0.25) is 0 Å². The van der Waals surface area contributed by atoms with Gasteiger partial charge in [0.1, 0.15) is 0 Å². The minimum atomic E-state index is 0.384. The molecule has 1 N–H and O–H groups in total. The summed E-state index contributed by atoms with van der Waals surface area (Å²) < 4.78 is 5.30. The second kappa shape index (κ2) is 5.60. The van der Waals surface area contributed by atoms with Crippen molar-refractivity contribution in [2.75, 3.05) is 20.6 Å². The molecule has 0 aromatic carbocycles. The summed E-state index contributed by atoms with van der Waals surface area (Å²) >= 11 is 0. The summed E-state index contributed by atoms with van der Waals surface area (Å²) in [6, 6.07) is 0.958. The van der Waals surface area contributed by atoms with Crippen LogP contribution in [0.1, 0.15) is 31.5 Å². The van der Waals surface area contributed by atoms with Gasteiger partial charge in [0.2, 0.25) is 5.89 Å². The van der Waals surface area contributed by atoms with Gasteiger partial charge in [0.05, 0.1) is 0 Å². The van der Waals surface area contributed by atoms with Gasteiger partial charge in [0.15, 0.2) is 5.82 Å². The Morgan fingerprint density at radius 2 is 2.41 bits per heavy atom. The van der Waals surface area contributed by atoms with Gasteiger partial charge >= 0.3 is 0 Å². The van der Waals surface area contributed by atoms with E-state index in [1.807, 2.05) is 7.05 Å². The van der Waals surface area contributed by atoms with Crippen LogP contribution in [0, 0.1) is 0 Å². The smallest absolute Gasteiger partial charge is 0.228 e. The van der Waals surface area contributed by atoms with E-state index >= 15 is 0 Å². The zero-order valence-corrected chi connectivity index (χ0v) is 10.9. The first-order chi connectivity index (χ1) is 8.19.